The van der Waals surface area contributed by atoms with E-state index in [4.69, 9.17) is 9.84 Å². The Morgan fingerprint density at radius 2 is 1.96 bits per heavy atom. The van der Waals surface area contributed by atoms with Crippen molar-refractivity contribution >= 4 is 17.8 Å². The second kappa shape index (κ2) is 6.68. The number of benzene rings is 1. The van der Waals surface area contributed by atoms with Crippen LogP contribution in [0.1, 0.15) is 24.9 Å². The molecule has 23 heavy (non-hydrogen) atoms. The molecule has 7 heteroatoms. The molecule has 2 N–H and O–H groups in total. The highest BCUT2D eigenvalue weighted by molar-refractivity contribution is 5.92. The van der Waals surface area contributed by atoms with Crippen molar-refractivity contribution in [2.75, 3.05) is 14.2 Å². The molecule has 124 valence electrons. The normalized spacial score (nSPS) is 21.9. The Balaban J connectivity index is 2.24. The van der Waals surface area contributed by atoms with Crippen molar-refractivity contribution < 1.29 is 24.2 Å². The molecule has 3 atom stereocenters. The minimum absolute atomic E-state index is 0.0609. The summed E-state index contributed by atoms with van der Waals surface area (Å²) in [5.41, 5.74) is 0.808. The number of methoxy groups -OCH3 is 1. The zero-order valence-electron chi connectivity index (χ0n) is 13.3. The standard InChI is InChI=1S/C16H20N2O5/c1-9(16(21)22)17-15(20)12-8-13(19)18(2)14(12)10-4-6-11(23-3)7-5-10/h4-7,9,12,14H,8H2,1-3H3,(H,17,20)(H,21,22)/t9-,12+,14-/m0/s1. The molecule has 0 spiro atoms. The summed E-state index contributed by atoms with van der Waals surface area (Å²) in [6.45, 7) is 1.39. The van der Waals surface area contributed by atoms with Crippen LogP contribution in [0.2, 0.25) is 0 Å². The van der Waals surface area contributed by atoms with E-state index in [0.29, 0.717) is 5.75 Å². The molecule has 1 fully saturated rings. The summed E-state index contributed by atoms with van der Waals surface area (Å²) in [6.07, 6.45) is 0.0609. The average Bonchev–Trinajstić information content (AvgIpc) is 2.83. The van der Waals surface area contributed by atoms with E-state index in [9.17, 15) is 14.4 Å². The maximum atomic E-state index is 12.4. The van der Waals surface area contributed by atoms with E-state index in [1.54, 1.807) is 38.4 Å². The summed E-state index contributed by atoms with van der Waals surface area (Å²) in [5, 5.41) is 11.4. The number of carbonyl (C=O) groups is 3. The SMILES string of the molecule is COc1ccc([C@H]2[C@H](C(=O)N[C@@H](C)C(=O)O)CC(=O)N2C)cc1. The van der Waals surface area contributed by atoms with Gasteiger partial charge in [-0.3, -0.25) is 14.4 Å². The number of amides is 2. The van der Waals surface area contributed by atoms with Gasteiger partial charge in [-0.05, 0) is 24.6 Å². The zero-order valence-corrected chi connectivity index (χ0v) is 13.3. The molecule has 1 aliphatic heterocycles. The van der Waals surface area contributed by atoms with E-state index < -0.39 is 29.9 Å². The molecule has 1 saturated heterocycles. The van der Waals surface area contributed by atoms with Crippen molar-refractivity contribution in [3.63, 3.8) is 0 Å². The highest BCUT2D eigenvalue weighted by atomic mass is 16.5. The highest BCUT2D eigenvalue weighted by Gasteiger charge is 2.43. The molecule has 0 radical (unpaired) electrons. The third-order valence-electron chi connectivity index (χ3n) is 4.11. The molecule has 2 rings (SSSR count). The minimum atomic E-state index is -1.11. The lowest BCUT2D eigenvalue weighted by Crippen LogP contribution is -2.43. The number of nitrogens with zero attached hydrogens (tertiary/aromatic N) is 1. The van der Waals surface area contributed by atoms with Crippen LogP contribution < -0.4 is 10.1 Å². The van der Waals surface area contributed by atoms with E-state index in [2.05, 4.69) is 5.32 Å². The number of hydrogen-bond donors (Lipinski definition) is 2. The van der Waals surface area contributed by atoms with Gasteiger partial charge in [-0.2, -0.15) is 0 Å². The predicted molar refractivity (Wildman–Crippen MR) is 81.9 cm³/mol. The molecule has 0 unspecified atom stereocenters. The maximum Gasteiger partial charge on any atom is 0.325 e. The van der Waals surface area contributed by atoms with Crippen molar-refractivity contribution in [1.29, 1.82) is 0 Å². The molecule has 2 amide bonds. The average molecular weight is 320 g/mol. The molecule has 1 aromatic carbocycles. The van der Waals surface area contributed by atoms with Crippen molar-refractivity contribution in [1.82, 2.24) is 10.2 Å². The molecule has 1 aromatic rings. The first-order chi connectivity index (χ1) is 10.8. The number of aliphatic carboxylic acids is 1. The van der Waals surface area contributed by atoms with Crippen LogP contribution in [-0.4, -0.2) is 48.0 Å². The monoisotopic (exact) mass is 320 g/mol. The third kappa shape index (κ3) is 3.44. The van der Waals surface area contributed by atoms with Crippen molar-refractivity contribution in [2.45, 2.75) is 25.4 Å². The summed E-state index contributed by atoms with van der Waals surface area (Å²) < 4.78 is 5.11. The quantitative estimate of drug-likeness (QED) is 0.837. The van der Waals surface area contributed by atoms with Crippen molar-refractivity contribution in [3.8, 4) is 5.75 Å². The second-order valence-electron chi connectivity index (χ2n) is 5.60. The molecule has 1 heterocycles. The summed E-state index contributed by atoms with van der Waals surface area (Å²) in [7, 11) is 3.20. The first-order valence-corrected chi connectivity index (χ1v) is 7.28. The summed E-state index contributed by atoms with van der Waals surface area (Å²) in [6, 6.07) is 5.72. The number of carboxylic acids is 1. The van der Waals surface area contributed by atoms with Crippen molar-refractivity contribution in [3.05, 3.63) is 29.8 Å². The Bertz CT molecular complexity index is 613. The smallest absolute Gasteiger partial charge is 0.325 e. The Hall–Kier alpha value is -2.57. The van der Waals surface area contributed by atoms with Gasteiger partial charge in [0.1, 0.15) is 11.8 Å². The zero-order chi connectivity index (χ0) is 17.1. The van der Waals surface area contributed by atoms with Gasteiger partial charge >= 0.3 is 5.97 Å². The largest absolute Gasteiger partial charge is 0.497 e. The third-order valence-corrected chi connectivity index (χ3v) is 4.11. The number of ether oxygens (including phenoxy) is 1. The molecule has 0 bridgehead atoms. The fourth-order valence-corrected chi connectivity index (χ4v) is 2.74. The number of rotatable bonds is 5. The van der Waals surface area contributed by atoms with E-state index in [-0.39, 0.29) is 12.3 Å². The molecule has 7 nitrogen and oxygen atoms in total. The van der Waals surface area contributed by atoms with Gasteiger partial charge in [0.15, 0.2) is 0 Å². The van der Waals surface area contributed by atoms with Crippen LogP contribution in [0.25, 0.3) is 0 Å². The molecule has 0 aliphatic carbocycles. The van der Waals surface area contributed by atoms with Crippen LogP contribution in [0, 0.1) is 5.92 Å². The molecule has 1 aliphatic rings. The van der Waals surface area contributed by atoms with E-state index in [1.807, 2.05) is 0 Å². The maximum absolute atomic E-state index is 12.4. The Morgan fingerprint density at radius 1 is 1.35 bits per heavy atom. The first-order valence-electron chi connectivity index (χ1n) is 7.28. The van der Waals surface area contributed by atoms with Crippen LogP contribution in [0.5, 0.6) is 5.75 Å². The van der Waals surface area contributed by atoms with Gasteiger partial charge in [0, 0.05) is 13.5 Å². The van der Waals surface area contributed by atoms with Crippen LogP contribution in [0.4, 0.5) is 0 Å². The number of carboxylic acid groups (broad SMARTS) is 1. The van der Waals surface area contributed by atoms with Gasteiger partial charge in [0.05, 0.1) is 19.1 Å². The lowest BCUT2D eigenvalue weighted by molar-refractivity contribution is -0.142. The fourth-order valence-electron chi connectivity index (χ4n) is 2.74. The van der Waals surface area contributed by atoms with Gasteiger partial charge < -0.3 is 20.1 Å². The lowest BCUT2D eigenvalue weighted by atomic mass is 9.92. The van der Waals surface area contributed by atoms with Gasteiger partial charge in [0.2, 0.25) is 11.8 Å². The number of carbonyl (C=O) groups excluding carboxylic acids is 2. The number of hydrogen-bond acceptors (Lipinski definition) is 4. The predicted octanol–water partition coefficient (Wildman–Crippen LogP) is 0.804. The minimum Gasteiger partial charge on any atom is -0.497 e. The Labute approximate surface area is 134 Å². The molecule has 0 saturated carbocycles. The van der Waals surface area contributed by atoms with Crippen LogP contribution in [0.3, 0.4) is 0 Å². The van der Waals surface area contributed by atoms with Crippen LogP contribution in [-0.2, 0) is 14.4 Å². The fraction of sp³-hybridized carbons (Fsp3) is 0.438. The van der Waals surface area contributed by atoms with E-state index in [1.165, 1.54) is 11.8 Å². The first kappa shape index (κ1) is 16.8. The van der Waals surface area contributed by atoms with Gasteiger partial charge in [0.25, 0.3) is 0 Å². The highest BCUT2D eigenvalue weighted by Crippen LogP contribution is 2.37. The van der Waals surface area contributed by atoms with E-state index in [0.717, 1.165) is 5.56 Å². The van der Waals surface area contributed by atoms with Gasteiger partial charge in [-0.15, -0.1) is 0 Å². The molecular weight excluding hydrogens is 300 g/mol. The van der Waals surface area contributed by atoms with Crippen LogP contribution >= 0.6 is 0 Å². The Kier molecular flexibility index (Phi) is 4.88. The molecule has 0 aromatic heterocycles. The second-order valence-corrected chi connectivity index (χ2v) is 5.60. The van der Waals surface area contributed by atoms with Gasteiger partial charge in [-0.1, -0.05) is 12.1 Å². The summed E-state index contributed by atoms with van der Waals surface area (Å²) in [5.74, 6) is -1.63. The number of likely N-dealkylation sites (tertiary alicyclic amines) is 1. The van der Waals surface area contributed by atoms with Gasteiger partial charge in [-0.25, -0.2) is 0 Å². The van der Waals surface area contributed by atoms with E-state index >= 15 is 0 Å². The van der Waals surface area contributed by atoms with Crippen molar-refractivity contribution in [2.24, 2.45) is 5.92 Å². The topological polar surface area (TPSA) is 95.9 Å². The Morgan fingerprint density at radius 3 is 2.48 bits per heavy atom. The molecular formula is C16H20N2O5. The van der Waals surface area contributed by atoms with Crippen LogP contribution in [0.15, 0.2) is 24.3 Å². The lowest BCUT2D eigenvalue weighted by Gasteiger charge is -2.25. The summed E-state index contributed by atoms with van der Waals surface area (Å²) >= 11 is 0. The summed E-state index contributed by atoms with van der Waals surface area (Å²) in [4.78, 5) is 36.8. The number of nitrogens with one attached hydrogen (secondary N) is 1.